The SMILES string of the molecule is O=c1cc(-c2c(F)cccc2F)[nH]c(=O)[nH]1. The van der Waals surface area contributed by atoms with Crippen LogP contribution in [0.4, 0.5) is 8.78 Å². The van der Waals surface area contributed by atoms with Gasteiger partial charge in [-0.1, -0.05) is 6.07 Å². The van der Waals surface area contributed by atoms with Crippen LogP contribution in [0.25, 0.3) is 11.3 Å². The fraction of sp³-hybridized carbons (Fsp3) is 0. The Labute approximate surface area is 87.6 Å². The molecule has 0 atom stereocenters. The topological polar surface area (TPSA) is 65.7 Å². The van der Waals surface area contributed by atoms with Crippen LogP contribution in [-0.4, -0.2) is 9.97 Å². The summed E-state index contributed by atoms with van der Waals surface area (Å²) in [5.41, 5.74) is -2.15. The molecule has 0 aliphatic rings. The van der Waals surface area contributed by atoms with Crippen molar-refractivity contribution in [3.05, 3.63) is 56.7 Å². The molecule has 2 N–H and O–H groups in total. The zero-order valence-electron chi connectivity index (χ0n) is 7.88. The van der Waals surface area contributed by atoms with Gasteiger partial charge in [0, 0.05) is 6.07 Å². The molecule has 0 unspecified atom stereocenters. The fourth-order valence-corrected chi connectivity index (χ4v) is 1.36. The van der Waals surface area contributed by atoms with E-state index in [-0.39, 0.29) is 5.69 Å². The summed E-state index contributed by atoms with van der Waals surface area (Å²) in [5.74, 6) is -1.69. The minimum Gasteiger partial charge on any atom is -0.307 e. The lowest BCUT2D eigenvalue weighted by Crippen LogP contribution is -2.21. The summed E-state index contributed by atoms with van der Waals surface area (Å²) >= 11 is 0. The van der Waals surface area contributed by atoms with Gasteiger partial charge in [0.05, 0.1) is 11.3 Å². The van der Waals surface area contributed by atoms with Crippen LogP contribution in [0.15, 0.2) is 33.9 Å². The lowest BCUT2D eigenvalue weighted by Gasteiger charge is -2.03. The zero-order valence-corrected chi connectivity index (χ0v) is 7.88. The van der Waals surface area contributed by atoms with Crippen LogP contribution in [-0.2, 0) is 0 Å². The molecule has 82 valence electrons. The van der Waals surface area contributed by atoms with Gasteiger partial charge in [0.2, 0.25) is 0 Å². The molecule has 4 nitrogen and oxygen atoms in total. The summed E-state index contributed by atoms with van der Waals surface area (Å²) in [4.78, 5) is 26.0. The molecule has 0 aliphatic heterocycles. The van der Waals surface area contributed by atoms with E-state index in [4.69, 9.17) is 0 Å². The number of nitrogens with one attached hydrogen (secondary N) is 2. The molecule has 1 aromatic carbocycles. The number of hydrogen-bond donors (Lipinski definition) is 2. The third kappa shape index (κ3) is 1.77. The molecule has 2 aromatic rings. The van der Waals surface area contributed by atoms with Crippen LogP contribution >= 0.6 is 0 Å². The van der Waals surface area contributed by atoms with Crippen molar-refractivity contribution in [2.45, 2.75) is 0 Å². The molecular formula is C10H6F2N2O2. The van der Waals surface area contributed by atoms with Gasteiger partial charge in [-0.15, -0.1) is 0 Å². The van der Waals surface area contributed by atoms with Crippen LogP contribution in [0.5, 0.6) is 0 Å². The van der Waals surface area contributed by atoms with E-state index in [2.05, 4.69) is 4.98 Å². The highest BCUT2D eigenvalue weighted by atomic mass is 19.1. The highest BCUT2D eigenvalue weighted by Crippen LogP contribution is 2.21. The average Bonchev–Trinajstić information content (AvgIpc) is 2.15. The number of aromatic nitrogens is 2. The van der Waals surface area contributed by atoms with E-state index in [1.807, 2.05) is 4.98 Å². The van der Waals surface area contributed by atoms with Crippen LogP contribution < -0.4 is 11.2 Å². The first kappa shape index (κ1) is 10.3. The van der Waals surface area contributed by atoms with Crippen molar-refractivity contribution in [3.63, 3.8) is 0 Å². The van der Waals surface area contributed by atoms with E-state index in [1.165, 1.54) is 6.07 Å². The summed E-state index contributed by atoms with van der Waals surface area (Å²) in [6.07, 6.45) is 0. The molecule has 0 saturated carbocycles. The van der Waals surface area contributed by atoms with Gasteiger partial charge in [0.25, 0.3) is 5.56 Å². The number of H-pyrrole nitrogens is 2. The number of rotatable bonds is 1. The Balaban J connectivity index is 2.77. The first-order chi connectivity index (χ1) is 7.58. The van der Waals surface area contributed by atoms with E-state index in [0.29, 0.717) is 0 Å². The molecule has 0 amide bonds. The second-order valence-electron chi connectivity index (χ2n) is 3.10. The molecule has 2 rings (SSSR count). The quantitative estimate of drug-likeness (QED) is 0.759. The van der Waals surface area contributed by atoms with Crippen molar-refractivity contribution in [1.29, 1.82) is 0 Å². The molecule has 1 aromatic heterocycles. The lowest BCUT2D eigenvalue weighted by atomic mass is 10.1. The van der Waals surface area contributed by atoms with Gasteiger partial charge >= 0.3 is 5.69 Å². The standard InChI is InChI=1S/C10H6F2N2O2/c11-5-2-1-3-6(12)9(5)7-4-8(15)14-10(16)13-7/h1-4H,(H2,13,14,15,16). The molecule has 0 bridgehead atoms. The van der Waals surface area contributed by atoms with Crippen LogP contribution in [0.3, 0.4) is 0 Å². The Kier molecular flexibility index (Phi) is 2.40. The smallest absolute Gasteiger partial charge is 0.307 e. The molecule has 0 saturated heterocycles. The highest BCUT2D eigenvalue weighted by Gasteiger charge is 2.12. The Morgan fingerprint density at radius 2 is 1.62 bits per heavy atom. The Morgan fingerprint density at radius 1 is 1.00 bits per heavy atom. The molecule has 0 radical (unpaired) electrons. The summed E-state index contributed by atoms with van der Waals surface area (Å²) in [6.45, 7) is 0. The van der Waals surface area contributed by atoms with E-state index in [9.17, 15) is 18.4 Å². The monoisotopic (exact) mass is 224 g/mol. The molecular weight excluding hydrogens is 218 g/mol. The van der Waals surface area contributed by atoms with E-state index < -0.39 is 28.4 Å². The van der Waals surface area contributed by atoms with Crippen LogP contribution in [0.2, 0.25) is 0 Å². The van der Waals surface area contributed by atoms with Crippen molar-refractivity contribution in [2.24, 2.45) is 0 Å². The molecule has 6 heteroatoms. The van der Waals surface area contributed by atoms with Crippen LogP contribution in [0.1, 0.15) is 0 Å². The van der Waals surface area contributed by atoms with Gasteiger partial charge in [-0.2, -0.15) is 0 Å². The van der Waals surface area contributed by atoms with Crippen molar-refractivity contribution in [2.75, 3.05) is 0 Å². The predicted molar refractivity (Wildman–Crippen MR) is 53.0 cm³/mol. The Morgan fingerprint density at radius 3 is 2.19 bits per heavy atom. The summed E-state index contributed by atoms with van der Waals surface area (Å²) in [7, 11) is 0. The highest BCUT2D eigenvalue weighted by molar-refractivity contribution is 5.59. The third-order valence-corrected chi connectivity index (χ3v) is 1.99. The molecule has 0 fully saturated rings. The third-order valence-electron chi connectivity index (χ3n) is 1.99. The number of benzene rings is 1. The fourth-order valence-electron chi connectivity index (χ4n) is 1.36. The van der Waals surface area contributed by atoms with Gasteiger partial charge in [-0.3, -0.25) is 9.78 Å². The Bertz CT molecular complexity index is 597. The molecule has 16 heavy (non-hydrogen) atoms. The Hall–Kier alpha value is -2.24. The van der Waals surface area contributed by atoms with Gasteiger partial charge in [0.15, 0.2) is 0 Å². The summed E-state index contributed by atoms with van der Waals surface area (Å²) in [5, 5.41) is 0. The lowest BCUT2D eigenvalue weighted by molar-refractivity contribution is 0.588. The number of hydrogen-bond acceptors (Lipinski definition) is 2. The van der Waals surface area contributed by atoms with E-state index in [0.717, 1.165) is 18.2 Å². The van der Waals surface area contributed by atoms with Gasteiger partial charge in [-0.25, -0.2) is 13.6 Å². The average molecular weight is 224 g/mol. The van der Waals surface area contributed by atoms with E-state index in [1.54, 1.807) is 0 Å². The van der Waals surface area contributed by atoms with Crippen molar-refractivity contribution in [1.82, 2.24) is 9.97 Å². The second-order valence-corrected chi connectivity index (χ2v) is 3.10. The first-order valence-electron chi connectivity index (χ1n) is 4.36. The predicted octanol–water partition coefficient (Wildman–Crippen LogP) is 1.01. The number of aromatic amines is 2. The van der Waals surface area contributed by atoms with Gasteiger partial charge in [0.1, 0.15) is 11.6 Å². The maximum atomic E-state index is 13.3. The van der Waals surface area contributed by atoms with Crippen molar-refractivity contribution >= 4 is 0 Å². The minimum atomic E-state index is -0.846. The van der Waals surface area contributed by atoms with E-state index >= 15 is 0 Å². The van der Waals surface area contributed by atoms with Gasteiger partial charge in [-0.05, 0) is 12.1 Å². The second kappa shape index (κ2) is 3.73. The van der Waals surface area contributed by atoms with Crippen LogP contribution in [0, 0.1) is 11.6 Å². The maximum absolute atomic E-state index is 13.3. The molecule has 0 spiro atoms. The largest absolute Gasteiger partial charge is 0.326 e. The molecule has 1 heterocycles. The van der Waals surface area contributed by atoms with Crippen molar-refractivity contribution in [3.8, 4) is 11.3 Å². The summed E-state index contributed by atoms with van der Waals surface area (Å²) in [6, 6.07) is 4.19. The van der Waals surface area contributed by atoms with Crippen molar-refractivity contribution < 1.29 is 8.78 Å². The first-order valence-corrected chi connectivity index (χ1v) is 4.36. The maximum Gasteiger partial charge on any atom is 0.326 e. The zero-order chi connectivity index (χ0) is 11.7. The van der Waals surface area contributed by atoms with Gasteiger partial charge < -0.3 is 4.98 Å². The summed E-state index contributed by atoms with van der Waals surface area (Å²) < 4.78 is 26.7. The molecule has 0 aliphatic carbocycles. The normalized spacial score (nSPS) is 10.4. The number of halogens is 2. The minimum absolute atomic E-state index is 0.190.